The Balaban J connectivity index is 2.49. The van der Waals surface area contributed by atoms with Crippen LogP contribution in [-0.2, 0) is 6.54 Å². The molecule has 0 amide bonds. The second-order valence-corrected chi connectivity index (χ2v) is 3.49. The first-order chi connectivity index (χ1) is 6.09. The van der Waals surface area contributed by atoms with E-state index in [2.05, 4.69) is 18.9 Å². The summed E-state index contributed by atoms with van der Waals surface area (Å²) in [5, 5.41) is 3.75. The van der Waals surface area contributed by atoms with Crippen molar-refractivity contribution in [1.29, 1.82) is 0 Å². The molecule has 1 heterocycles. The average molecular weight is 188 g/mol. The van der Waals surface area contributed by atoms with Gasteiger partial charge in [0.1, 0.15) is 5.69 Å². The molecule has 0 unspecified atom stereocenters. The summed E-state index contributed by atoms with van der Waals surface area (Å²) in [6.07, 6.45) is 0.106. The van der Waals surface area contributed by atoms with Gasteiger partial charge in [0.05, 0.1) is 0 Å². The van der Waals surface area contributed by atoms with Gasteiger partial charge in [-0.25, -0.2) is 8.78 Å². The summed E-state index contributed by atoms with van der Waals surface area (Å²) < 4.78 is 25.8. The van der Waals surface area contributed by atoms with Crippen LogP contribution < -0.4 is 0 Å². The van der Waals surface area contributed by atoms with Crippen LogP contribution in [0.25, 0.3) is 0 Å². The van der Waals surface area contributed by atoms with E-state index in [0.29, 0.717) is 12.5 Å². The standard InChI is InChI=1S/C9H14F2N2/c1-7(2)3-5-13-6-4-8(12-13)9(10)11/h4,6-7,9H,3,5H2,1-2H3. The summed E-state index contributed by atoms with van der Waals surface area (Å²) in [5.74, 6) is 0.569. The van der Waals surface area contributed by atoms with Crippen molar-refractivity contribution in [3.05, 3.63) is 18.0 Å². The van der Waals surface area contributed by atoms with Crippen molar-refractivity contribution in [2.24, 2.45) is 5.92 Å². The molecule has 0 aliphatic carbocycles. The van der Waals surface area contributed by atoms with Gasteiger partial charge in [0, 0.05) is 12.7 Å². The molecule has 4 heteroatoms. The number of hydrogen-bond acceptors (Lipinski definition) is 1. The number of nitrogens with zero attached hydrogens (tertiary/aromatic N) is 2. The summed E-state index contributed by atoms with van der Waals surface area (Å²) in [6, 6.07) is 1.37. The Morgan fingerprint density at radius 2 is 2.15 bits per heavy atom. The van der Waals surface area contributed by atoms with Gasteiger partial charge in [0.15, 0.2) is 0 Å². The van der Waals surface area contributed by atoms with E-state index in [1.54, 1.807) is 10.9 Å². The molecule has 1 rings (SSSR count). The van der Waals surface area contributed by atoms with E-state index in [0.717, 1.165) is 6.42 Å². The fourth-order valence-corrected chi connectivity index (χ4v) is 1.01. The van der Waals surface area contributed by atoms with Gasteiger partial charge < -0.3 is 0 Å². The summed E-state index contributed by atoms with van der Waals surface area (Å²) in [5.41, 5.74) is -0.135. The number of alkyl halides is 2. The molecule has 0 radical (unpaired) electrons. The van der Waals surface area contributed by atoms with E-state index in [9.17, 15) is 8.78 Å². The normalized spacial score (nSPS) is 11.5. The van der Waals surface area contributed by atoms with Gasteiger partial charge in [-0.3, -0.25) is 4.68 Å². The highest BCUT2D eigenvalue weighted by Crippen LogP contribution is 2.15. The molecule has 13 heavy (non-hydrogen) atoms. The Morgan fingerprint density at radius 3 is 2.62 bits per heavy atom. The van der Waals surface area contributed by atoms with Crippen LogP contribution in [0.5, 0.6) is 0 Å². The highest BCUT2D eigenvalue weighted by atomic mass is 19.3. The molecular formula is C9H14F2N2. The number of aromatic nitrogens is 2. The predicted octanol–water partition coefficient (Wildman–Crippen LogP) is 2.87. The lowest BCUT2D eigenvalue weighted by atomic mass is 10.1. The second kappa shape index (κ2) is 4.35. The predicted molar refractivity (Wildman–Crippen MR) is 46.6 cm³/mol. The van der Waals surface area contributed by atoms with Crippen LogP contribution in [0.1, 0.15) is 32.4 Å². The van der Waals surface area contributed by atoms with E-state index in [1.807, 2.05) is 0 Å². The molecule has 0 saturated heterocycles. The highest BCUT2D eigenvalue weighted by Gasteiger charge is 2.09. The van der Waals surface area contributed by atoms with Crippen LogP contribution in [0.3, 0.4) is 0 Å². The third kappa shape index (κ3) is 3.13. The second-order valence-electron chi connectivity index (χ2n) is 3.49. The molecule has 1 aromatic heterocycles. The van der Waals surface area contributed by atoms with Crippen LogP contribution >= 0.6 is 0 Å². The zero-order chi connectivity index (χ0) is 9.84. The summed E-state index contributed by atoms with van der Waals surface area (Å²) in [6.45, 7) is 4.90. The molecule has 0 N–H and O–H groups in total. The Kier molecular flexibility index (Phi) is 3.39. The first-order valence-electron chi connectivity index (χ1n) is 4.41. The van der Waals surface area contributed by atoms with E-state index >= 15 is 0 Å². The van der Waals surface area contributed by atoms with Gasteiger partial charge in [0.2, 0.25) is 0 Å². The fourth-order valence-electron chi connectivity index (χ4n) is 1.01. The van der Waals surface area contributed by atoms with Crippen molar-refractivity contribution >= 4 is 0 Å². The average Bonchev–Trinajstić information content (AvgIpc) is 2.48. The molecule has 0 atom stereocenters. The van der Waals surface area contributed by atoms with E-state index < -0.39 is 6.43 Å². The van der Waals surface area contributed by atoms with E-state index in [1.165, 1.54) is 6.07 Å². The lowest BCUT2D eigenvalue weighted by Crippen LogP contribution is -2.02. The minimum absolute atomic E-state index is 0.135. The molecule has 2 nitrogen and oxygen atoms in total. The minimum atomic E-state index is -2.46. The first-order valence-corrected chi connectivity index (χ1v) is 4.41. The maximum atomic E-state index is 12.1. The SMILES string of the molecule is CC(C)CCn1ccc(C(F)F)n1. The molecule has 0 saturated carbocycles. The zero-order valence-electron chi connectivity index (χ0n) is 7.87. The number of halogens is 2. The molecule has 0 aliphatic heterocycles. The summed E-state index contributed by atoms with van der Waals surface area (Å²) in [4.78, 5) is 0. The lowest BCUT2D eigenvalue weighted by Gasteiger charge is -2.03. The van der Waals surface area contributed by atoms with Gasteiger partial charge in [-0.15, -0.1) is 0 Å². The molecule has 1 aromatic rings. The Hall–Kier alpha value is -0.930. The third-order valence-corrected chi connectivity index (χ3v) is 1.82. The van der Waals surface area contributed by atoms with Gasteiger partial charge in [-0.05, 0) is 18.4 Å². The third-order valence-electron chi connectivity index (χ3n) is 1.82. The first kappa shape index (κ1) is 10.2. The van der Waals surface area contributed by atoms with Gasteiger partial charge in [-0.2, -0.15) is 5.10 Å². The monoisotopic (exact) mass is 188 g/mol. The van der Waals surface area contributed by atoms with Crippen molar-refractivity contribution in [3.8, 4) is 0 Å². The fraction of sp³-hybridized carbons (Fsp3) is 0.667. The van der Waals surface area contributed by atoms with Crippen molar-refractivity contribution in [1.82, 2.24) is 9.78 Å². The van der Waals surface area contributed by atoms with Crippen LogP contribution in [0.4, 0.5) is 8.78 Å². The topological polar surface area (TPSA) is 17.8 Å². The quantitative estimate of drug-likeness (QED) is 0.710. The van der Waals surface area contributed by atoms with Crippen molar-refractivity contribution in [3.63, 3.8) is 0 Å². The van der Waals surface area contributed by atoms with Crippen molar-refractivity contribution in [2.75, 3.05) is 0 Å². The number of rotatable bonds is 4. The van der Waals surface area contributed by atoms with Crippen LogP contribution in [0, 0.1) is 5.92 Å². The lowest BCUT2D eigenvalue weighted by molar-refractivity contribution is 0.145. The van der Waals surface area contributed by atoms with E-state index in [4.69, 9.17) is 0 Å². The Morgan fingerprint density at radius 1 is 1.46 bits per heavy atom. The minimum Gasteiger partial charge on any atom is -0.272 e. The summed E-state index contributed by atoms with van der Waals surface area (Å²) in [7, 11) is 0. The van der Waals surface area contributed by atoms with Gasteiger partial charge in [0.25, 0.3) is 6.43 Å². The molecule has 0 fully saturated rings. The molecule has 0 spiro atoms. The molecule has 0 aromatic carbocycles. The Labute approximate surface area is 76.6 Å². The number of aryl methyl sites for hydroxylation is 1. The maximum absolute atomic E-state index is 12.1. The largest absolute Gasteiger partial charge is 0.282 e. The highest BCUT2D eigenvalue weighted by molar-refractivity contribution is 4.99. The van der Waals surface area contributed by atoms with Crippen LogP contribution in [0.15, 0.2) is 12.3 Å². The van der Waals surface area contributed by atoms with Crippen LogP contribution in [-0.4, -0.2) is 9.78 Å². The molecule has 0 bridgehead atoms. The van der Waals surface area contributed by atoms with Gasteiger partial charge >= 0.3 is 0 Å². The van der Waals surface area contributed by atoms with Gasteiger partial charge in [-0.1, -0.05) is 13.8 Å². The van der Waals surface area contributed by atoms with Crippen molar-refractivity contribution in [2.45, 2.75) is 33.2 Å². The number of hydrogen-bond donors (Lipinski definition) is 0. The van der Waals surface area contributed by atoms with Crippen LogP contribution in [0.2, 0.25) is 0 Å². The zero-order valence-corrected chi connectivity index (χ0v) is 7.87. The molecular weight excluding hydrogens is 174 g/mol. The molecule has 0 aliphatic rings. The molecule has 74 valence electrons. The summed E-state index contributed by atoms with van der Waals surface area (Å²) >= 11 is 0. The smallest absolute Gasteiger partial charge is 0.272 e. The van der Waals surface area contributed by atoms with E-state index in [-0.39, 0.29) is 5.69 Å². The Bertz CT molecular complexity index is 256. The maximum Gasteiger partial charge on any atom is 0.282 e. The van der Waals surface area contributed by atoms with Crippen molar-refractivity contribution < 1.29 is 8.78 Å².